The molecule has 2 aromatic heterocycles. The van der Waals surface area contributed by atoms with Crippen molar-refractivity contribution in [2.45, 2.75) is 45.1 Å². The number of para-hydroxylation sites is 1. The van der Waals surface area contributed by atoms with Crippen LogP contribution in [0.15, 0.2) is 38.5 Å². The van der Waals surface area contributed by atoms with Crippen LogP contribution in [0.25, 0.3) is 10.9 Å². The number of nitrogens with zero attached hydrogens (tertiary/aromatic N) is 3. The minimum absolute atomic E-state index is 0.0353. The first-order valence-electron chi connectivity index (χ1n) is 8.75. The van der Waals surface area contributed by atoms with Gasteiger partial charge in [-0.15, -0.1) is 0 Å². The minimum atomic E-state index is -3.84. The van der Waals surface area contributed by atoms with E-state index in [4.69, 9.17) is 4.52 Å². The first-order chi connectivity index (χ1) is 12.8. The molecule has 144 valence electrons. The summed E-state index contributed by atoms with van der Waals surface area (Å²) in [5.41, 5.74) is 0.552. The van der Waals surface area contributed by atoms with Crippen LogP contribution in [0.5, 0.6) is 0 Å². The second kappa shape index (κ2) is 7.61. The molecule has 1 N–H and O–H groups in total. The van der Waals surface area contributed by atoms with Crippen molar-refractivity contribution in [1.82, 2.24) is 19.4 Å². The van der Waals surface area contributed by atoms with E-state index in [0.29, 0.717) is 35.4 Å². The fraction of sp³-hybridized carbons (Fsp3) is 0.389. The van der Waals surface area contributed by atoms with Crippen LogP contribution in [-0.4, -0.2) is 34.4 Å². The third-order valence-corrected chi connectivity index (χ3v) is 6.41. The van der Waals surface area contributed by atoms with E-state index < -0.39 is 10.0 Å². The first kappa shape index (κ1) is 19.2. The number of aryl methyl sites for hydroxylation is 2. The Labute approximate surface area is 157 Å². The smallest absolute Gasteiger partial charge is 0.258 e. The van der Waals surface area contributed by atoms with Gasteiger partial charge >= 0.3 is 0 Å². The summed E-state index contributed by atoms with van der Waals surface area (Å²) in [4.78, 5) is 19.5. The molecule has 0 saturated heterocycles. The predicted octanol–water partition coefficient (Wildman–Crippen LogP) is 2.52. The van der Waals surface area contributed by atoms with Crippen molar-refractivity contribution in [3.05, 3.63) is 51.9 Å². The van der Waals surface area contributed by atoms with Gasteiger partial charge in [0, 0.05) is 6.54 Å². The van der Waals surface area contributed by atoms with Crippen LogP contribution < -0.4 is 5.56 Å². The Morgan fingerprint density at radius 3 is 2.63 bits per heavy atom. The fourth-order valence-electron chi connectivity index (χ4n) is 2.97. The summed E-state index contributed by atoms with van der Waals surface area (Å²) in [5.74, 6) is 0.541. The molecule has 2 heterocycles. The highest BCUT2D eigenvalue weighted by molar-refractivity contribution is 7.89. The highest BCUT2D eigenvalue weighted by Gasteiger charge is 2.31. The average molecular weight is 390 g/mol. The van der Waals surface area contributed by atoms with Gasteiger partial charge in [-0.3, -0.25) is 4.79 Å². The number of hydrogen-bond acceptors (Lipinski definition) is 6. The molecular weight excluding hydrogens is 368 g/mol. The highest BCUT2D eigenvalue weighted by atomic mass is 32.2. The van der Waals surface area contributed by atoms with Crippen LogP contribution in [0.2, 0.25) is 0 Å². The van der Waals surface area contributed by atoms with Gasteiger partial charge < -0.3 is 9.51 Å². The summed E-state index contributed by atoms with van der Waals surface area (Å²) in [6, 6.07) is 6.95. The van der Waals surface area contributed by atoms with Gasteiger partial charge in [-0.1, -0.05) is 30.6 Å². The third kappa shape index (κ3) is 3.79. The summed E-state index contributed by atoms with van der Waals surface area (Å²) in [5, 5.41) is 4.22. The zero-order chi connectivity index (χ0) is 19.6. The molecule has 8 nitrogen and oxygen atoms in total. The molecule has 0 radical (unpaired) electrons. The van der Waals surface area contributed by atoms with Gasteiger partial charge in [0.25, 0.3) is 5.56 Å². The Morgan fingerprint density at radius 2 is 1.96 bits per heavy atom. The summed E-state index contributed by atoms with van der Waals surface area (Å²) in [7, 11) is -3.84. The molecule has 0 aliphatic rings. The summed E-state index contributed by atoms with van der Waals surface area (Å²) in [6.45, 7) is 5.42. The molecule has 0 atom stereocenters. The molecule has 3 rings (SSSR count). The maximum Gasteiger partial charge on any atom is 0.258 e. The lowest BCUT2D eigenvalue weighted by atomic mass is 10.2. The zero-order valence-electron chi connectivity index (χ0n) is 15.5. The first-order valence-corrected chi connectivity index (χ1v) is 10.2. The van der Waals surface area contributed by atoms with Crippen LogP contribution in [-0.2, 0) is 16.6 Å². The Kier molecular flexibility index (Phi) is 5.43. The number of nitrogens with one attached hydrogen (secondary N) is 1. The number of sulfonamides is 1. The molecule has 0 aliphatic carbocycles. The van der Waals surface area contributed by atoms with Gasteiger partial charge in [-0.25, -0.2) is 13.4 Å². The monoisotopic (exact) mass is 390 g/mol. The van der Waals surface area contributed by atoms with Gasteiger partial charge in [0.1, 0.15) is 16.4 Å². The topological polar surface area (TPSA) is 109 Å². The van der Waals surface area contributed by atoms with Gasteiger partial charge in [-0.05, 0) is 32.4 Å². The predicted molar refractivity (Wildman–Crippen MR) is 101 cm³/mol. The normalized spacial score (nSPS) is 12.1. The molecule has 3 aromatic rings. The zero-order valence-corrected chi connectivity index (χ0v) is 16.3. The number of aromatic nitrogens is 3. The van der Waals surface area contributed by atoms with E-state index in [-0.39, 0.29) is 22.8 Å². The Bertz CT molecular complexity index is 1100. The van der Waals surface area contributed by atoms with Crippen LogP contribution in [0.3, 0.4) is 0 Å². The summed E-state index contributed by atoms with van der Waals surface area (Å²) < 4.78 is 32.7. The maximum atomic E-state index is 13.2. The average Bonchev–Trinajstić information content (AvgIpc) is 2.97. The van der Waals surface area contributed by atoms with Crippen molar-refractivity contribution >= 4 is 20.9 Å². The van der Waals surface area contributed by atoms with E-state index in [9.17, 15) is 13.2 Å². The molecule has 1 aromatic carbocycles. The lowest BCUT2D eigenvalue weighted by molar-refractivity contribution is 0.381. The molecule has 27 heavy (non-hydrogen) atoms. The standard InChI is InChI=1S/C18H22N4O4S/c1-4-5-10-22(27(24,25)17-12(2)21-26-13(17)3)11-16-19-15-9-7-6-8-14(15)18(23)20-16/h6-9H,4-5,10-11H2,1-3H3,(H,19,20,23). The van der Waals surface area contributed by atoms with Gasteiger partial charge in [0.2, 0.25) is 10.0 Å². The fourth-order valence-corrected chi connectivity index (χ4v) is 4.70. The molecule has 9 heteroatoms. The quantitative estimate of drug-likeness (QED) is 0.664. The number of benzene rings is 1. The van der Waals surface area contributed by atoms with E-state index in [0.717, 1.165) is 6.42 Å². The largest absolute Gasteiger partial charge is 0.360 e. The van der Waals surface area contributed by atoms with E-state index in [2.05, 4.69) is 15.1 Å². The molecule has 0 fully saturated rings. The van der Waals surface area contributed by atoms with E-state index >= 15 is 0 Å². The molecule has 0 amide bonds. The van der Waals surface area contributed by atoms with Gasteiger partial charge in [0.05, 0.1) is 17.4 Å². The Hall–Kier alpha value is -2.52. The molecular formula is C18H22N4O4S. The Morgan fingerprint density at radius 1 is 1.22 bits per heavy atom. The SMILES string of the molecule is CCCCN(Cc1nc2ccccc2c(=O)[nH]1)S(=O)(=O)c1c(C)noc1C. The third-order valence-electron chi connectivity index (χ3n) is 4.31. The van der Waals surface area contributed by atoms with Crippen molar-refractivity contribution in [2.24, 2.45) is 0 Å². The van der Waals surface area contributed by atoms with E-state index in [1.807, 2.05) is 6.92 Å². The Balaban J connectivity index is 2.02. The van der Waals surface area contributed by atoms with Crippen LogP contribution in [0.4, 0.5) is 0 Å². The molecule has 0 saturated carbocycles. The molecule has 0 spiro atoms. The number of aromatic amines is 1. The van der Waals surface area contributed by atoms with Crippen LogP contribution in [0, 0.1) is 13.8 Å². The second-order valence-electron chi connectivity index (χ2n) is 6.38. The van der Waals surface area contributed by atoms with Crippen molar-refractivity contribution in [2.75, 3.05) is 6.54 Å². The summed E-state index contributed by atoms with van der Waals surface area (Å²) >= 11 is 0. The highest BCUT2D eigenvalue weighted by Crippen LogP contribution is 2.24. The number of H-pyrrole nitrogens is 1. The number of unbranched alkanes of at least 4 members (excludes halogenated alkanes) is 1. The van der Waals surface area contributed by atoms with Crippen molar-refractivity contribution in [3.8, 4) is 0 Å². The lowest BCUT2D eigenvalue weighted by Gasteiger charge is -2.21. The minimum Gasteiger partial charge on any atom is -0.360 e. The summed E-state index contributed by atoms with van der Waals surface area (Å²) in [6.07, 6.45) is 1.51. The maximum absolute atomic E-state index is 13.2. The van der Waals surface area contributed by atoms with Crippen LogP contribution in [0.1, 0.15) is 37.0 Å². The van der Waals surface area contributed by atoms with Crippen LogP contribution >= 0.6 is 0 Å². The van der Waals surface area contributed by atoms with Crippen molar-refractivity contribution < 1.29 is 12.9 Å². The van der Waals surface area contributed by atoms with Gasteiger partial charge in [-0.2, -0.15) is 4.31 Å². The second-order valence-corrected chi connectivity index (χ2v) is 8.25. The van der Waals surface area contributed by atoms with Crippen molar-refractivity contribution in [3.63, 3.8) is 0 Å². The number of fused-ring (bicyclic) bond motifs is 1. The van der Waals surface area contributed by atoms with E-state index in [1.54, 1.807) is 38.1 Å². The number of rotatable bonds is 7. The molecule has 0 bridgehead atoms. The molecule has 0 aliphatic heterocycles. The molecule has 0 unspecified atom stereocenters. The van der Waals surface area contributed by atoms with Crippen molar-refractivity contribution in [1.29, 1.82) is 0 Å². The van der Waals surface area contributed by atoms with Gasteiger partial charge in [0.15, 0.2) is 5.76 Å². The van der Waals surface area contributed by atoms with E-state index in [1.165, 1.54) is 4.31 Å². The number of hydrogen-bond donors (Lipinski definition) is 1. The lowest BCUT2D eigenvalue weighted by Crippen LogP contribution is -2.33.